The van der Waals surface area contributed by atoms with E-state index in [9.17, 15) is 4.79 Å². The Morgan fingerprint density at radius 3 is 3.08 bits per heavy atom. The van der Waals surface area contributed by atoms with E-state index in [0.717, 1.165) is 6.42 Å². The first kappa shape index (κ1) is 10.1. The van der Waals surface area contributed by atoms with Gasteiger partial charge in [-0.3, -0.25) is 4.79 Å². The van der Waals surface area contributed by atoms with Crippen LogP contribution in [0.25, 0.3) is 0 Å². The second-order valence-corrected chi connectivity index (χ2v) is 3.65. The zero-order valence-corrected chi connectivity index (χ0v) is 8.04. The molecule has 2 atom stereocenters. The summed E-state index contributed by atoms with van der Waals surface area (Å²) in [4.78, 5) is 9.61. The van der Waals surface area contributed by atoms with E-state index in [0.29, 0.717) is 6.42 Å². The second kappa shape index (κ2) is 3.80. The van der Waals surface area contributed by atoms with E-state index in [1.54, 1.807) is 6.08 Å². The molecule has 70 valence electrons. The van der Waals surface area contributed by atoms with Crippen molar-refractivity contribution in [3.63, 3.8) is 0 Å². The smallest absolute Gasteiger partial charge is 0.303 e. The Balaban J connectivity index is 2.79. The summed E-state index contributed by atoms with van der Waals surface area (Å²) in [6, 6.07) is 1.97. The number of ether oxygens (including phenoxy) is 1. The SMILES string of the molecule is CC(=O)OC1C=CCCC1(Cl)C#N. The normalized spacial score (nSPS) is 32.2. The van der Waals surface area contributed by atoms with Crippen LogP contribution >= 0.6 is 11.6 Å². The van der Waals surface area contributed by atoms with Gasteiger partial charge in [-0.2, -0.15) is 5.26 Å². The van der Waals surface area contributed by atoms with E-state index in [4.69, 9.17) is 21.6 Å². The number of esters is 1. The van der Waals surface area contributed by atoms with E-state index in [-0.39, 0.29) is 0 Å². The third-order valence-electron chi connectivity index (χ3n) is 1.92. The van der Waals surface area contributed by atoms with Gasteiger partial charge in [0, 0.05) is 6.92 Å². The maximum Gasteiger partial charge on any atom is 0.303 e. The van der Waals surface area contributed by atoms with Crippen LogP contribution in [0.2, 0.25) is 0 Å². The summed E-state index contributed by atoms with van der Waals surface area (Å²) < 4.78 is 4.92. The third kappa shape index (κ3) is 2.22. The van der Waals surface area contributed by atoms with Crippen molar-refractivity contribution in [2.45, 2.75) is 30.7 Å². The van der Waals surface area contributed by atoms with Crippen molar-refractivity contribution in [1.29, 1.82) is 5.26 Å². The van der Waals surface area contributed by atoms with E-state index in [1.165, 1.54) is 6.92 Å². The van der Waals surface area contributed by atoms with Gasteiger partial charge in [0.05, 0.1) is 6.07 Å². The molecule has 4 heteroatoms. The van der Waals surface area contributed by atoms with Crippen LogP contribution in [0.5, 0.6) is 0 Å². The average Bonchev–Trinajstić information content (AvgIpc) is 2.09. The van der Waals surface area contributed by atoms with Gasteiger partial charge in [0.2, 0.25) is 0 Å². The number of hydrogen-bond donors (Lipinski definition) is 0. The minimum absolute atomic E-state index is 0.420. The van der Waals surface area contributed by atoms with Gasteiger partial charge in [-0.15, -0.1) is 0 Å². The van der Waals surface area contributed by atoms with Crippen LogP contribution in [0.1, 0.15) is 19.8 Å². The molecule has 0 saturated heterocycles. The molecule has 0 aromatic heterocycles. The van der Waals surface area contributed by atoms with Gasteiger partial charge in [-0.05, 0) is 18.9 Å². The van der Waals surface area contributed by atoms with Crippen molar-refractivity contribution in [3.8, 4) is 6.07 Å². The standard InChI is InChI=1S/C9H10ClNO2/c1-7(12)13-8-4-2-3-5-9(8,10)6-11/h2,4,8H,3,5H2,1H3. The number of carbonyl (C=O) groups is 1. The van der Waals surface area contributed by atoms with Crippen LogP contribution < -0.4 is 0 Å². The number of carbonyl (C=O) groups excluding carboxylic acids is 1. The molecular weight excluding hydrogens is 190 g/mol. The molecule has 0 aliphatic heterocycles. The monoisotopic (exact) mass is 199 g/mol. The number of rotatable bonds is 1. The summed E-state index contributed by atoms with van der Waals surface area (Å²) in [7, 11) is 0. The highest BCUT2D eigenvalue weighted by Crippen LogP contribution is 2.32. The number of nitrogens with zero attached hydrogens (tertiary/aromatic N) is 1. The zero-order valence-electron chi connectivity index (χ0n) is 7.29. The molecule has 0 bridgehead atoms. The quantitative estimate of drug-likeness (QED) is 0.367. The summed E-state index contributed by atoms with van der Waals surface area (Å²) in [5, 5.41) is 8.83. The molecule has 1 rings (SSSR count). The van der Waals surface area contributed by atoms with Crippen molar-refractivity contribution in [1.82, 2.24) is 0 Å². The zero-order chi connectivity index (χ0) is 9.90. The first-order chi connectivity index (χ1) is 6.08. The molecule has 1 aliphatic rings. The van der Waals surface area contributed by atoms with E-state index in [1.807, 2.05) is 12.1 Å². The van der Waals surface area contributed by atoms with Crippen molar-refractivity contribution in [2.24, 2.45) is 0 Å². The largest absolute Gasteiger partial charge is 0.455 e. The molecule has 0 amide bonds. The maximum atomic E-state index is 10.7. The molecule has 0 heterocycles. The van der Waals surface area contributed by atoms with Crippen molar-refractivity contribution in [2.75, 3.05) is 0 Å². The third-order valence-corrected chi connectivity index (χ3v) is 2.40. The van der Waals surface area contributed by atoms with Crippen LogP contribution in [0.15, 0.2) is 12.2 Å². The molecule has 0 saturated carbocycles. The lowest BCUT2D eigenvalue weighted by atomic mass is 9.92. The molecule has 0 N–H and O–H groups in total. The number of nitriles is 1. The number of alkyl halides is 1. The summed E-state index contributed by atoms with van der Waals surface area (Å²) in [5.74, 6) is -0.420. The Kier molecular flexibility index (Phi) is 2.94. The van der Waals surface area contributed by atoms with E-state index < -0.39 is 16.9 Å². The molecule has 2 unspecified atom stereocenters. The lowest BCUT2D eigenvalue weighted by Crippen LogP contribution is -2.39. The van der Waals surface area contributed by atoms with E-state index >= 15 is 0 Å². The molecule has 0 aromatic rings. The highest BCUT2D eigenvalue weighted by molar-refractivity contribution is 6.26. The van der Waals surface area contributed by atoms with Crippen LogP contribution in [0.3, 0.4) is 0 Å². The lowest BCUT2D eigenvalue weighted by molar-refractivity contribution is -0.145. The Hall–Kier alpha value is -1.01. The topological polar surface area (TPSA) is 50.1 Å². The Labute approximate surface area is 81.9 Å². The Morgan fingerprint density at radius 2 is 2.54 bits per heavy atom. The van der Waals surface area contributed by atoms with E-state index in [2.05, 4.69) is 0 Å². The van der Waals surface area contributed by atoms with Crippen molar-refractivity contribution >= 4 is 17.6 Å². The Morgan fingerprint density at radius 1 is 1.85 bits per heavy atom. The predicted molar refractivity (Wildman–Crippen MR) is 48.1 cm³/mol. The Bertz CT molecular complexity index is 282. The van der Waals surface area contributed by atoms with Gasteiger partial charge in [-0.1, -0.05) is 17.7 Å². The lowest BCUT2D eigenvalue weighted by Gasteiger charge is -2.28. The van der Waals surface area contributed by atoms with Crippen molar-refractivity contribution < 1.29 is 9.53 Å². The molecule has 0 fully saturated rings. The van der Waals surface area contributed by atoms with Gasteiger partial charge in [0.25, 0.3) is 0 Å². The number of hydrogen-bond acceptors (Lipinski definition) is 3. The minimum atomic E-state index is -1.08. The van der Waals surface area contributed by atoms with Gasteiger partial charge in [-0.25, -0.2) is 0 Å². The van der Waals surface area contributed by atoms with Crippen LogP contribution in [0.4, 0.5) is 0 Å². The van der Waals surface area contributed by atoms with Crippen LogP contribution in [0, 0.1) is 11.3 Å². The highest BCUT2D eigenvalue weighted by atomic mass is 35.5. The summed E-state index contributed by atoms with van der Waals surface area (Å²) >= 11 is 5.98. The fraction of sp³-hybridized carbons (Fsp3) is 0.556. The first-order valence-corrected chi connectivity index (χ1v) is 4.40. The molecule has 0 aromatic carbocycles. The highest BCUT2D eigenvalue weighted by Gasteiger charge is 2.39. The van der Waals surface area contributed by atoms with Gasteiger partial charge < -0.3 is 4.74 Å². The van der Waals surface area contributed by atoms with Crippen molar-refractivity contribution in [3.05, 3.63) is 12.2 Å². The minimum Gasteiger partial charge on any atom is -0.455 e. The fourth-order valence-corrected chi connectivity index (χ4v) is 1.47. The number of halogens is 1. The molecule has 3 nitrogen and oxygen atoms in total. The summed E-state index contributed by atoms with van der Waals surface area (Å²) in [6.07, 6.45) is 4.17. The molecule has 13 heavy (non-hydrogen) atoms. The molecule has 0 radical (unpaired) electrons. The van der Waals surface area contributed by atoms with Gasteiger partial charge >= 0.3 is 5.97 Å². The number of allylic oxidation sites excluding steroid dienone is 1. The fourth-order valence-electron chi connectivity index (χ4n) is 1.24. The maximum absolute atomic E-state index is 10.7. The first-order valence-electron chi connectivity index (χ1n) is 4.02. The summed E-state index contributed by atoms with van der Waals surface area (Å²) in [5.41, 5.74) is 0. The van der Waals surface area contributed by atoms with Crippen LogP contribution in [-0.2, 0) is 9.53 Å². The second-order valence-electron chi connectivity index (χ2n) is 2.97. The molecule has 1 aliphatic carbocycles. The predicted octanol–water partition coefficient (Wildman–Crippen LogP) is 1.77. The molecular formula is C9H10ClNO2. The van der Waals surface area contributed by atoms with Crippen LogP contribution in [-0.4, -0.2) is 16.9 Å². The average molecular weight is 200 g/mol. The summed E-state index contributed by atoms with van der Waals surface area (Å²) in [6.45, 7) is 1.30. The van der Waals surface area contributed by atoms with Gasteiger partial charge in [0.1, 0.15) is 0 Å². The molecule has 0 spiro atoms. The van der Waals surface area contributed by atoms with Gasteiger partial charge in [0.15, 0.2) is 11.0 Å².